The number of hydrogen-bond donors (Lipinski definition) is 2. The zero-order chi connectivity index (χ0) is 12.9. The van der Waals surface area contributed by atoms with E-state index in [1.54, 1.807) is 12.1 Å². The van der Waals surface area contributed by atoms with E-state index in [1.807, 2.05) is 33.0 Å². The molecular formula is C12H20N2O2S. The number of nitrogens with one attached hydrogen (secondary N) is 2. The van der Waals surface area contributed by atoms with E-state index < -0.39 is 10.0 Å². The van der Waals surface area contributed by atoms with Gasteiger partial charge in [0.2, 0.25) is 10.0 Å². The van der Waals surface area contributed by atoms with Crippen LogP contribution in [0.4, 0.5) is 0 Å². The highest BCUT2D eigenvalue weighted by Gasteiger charge is 2.15. The smallest absolute Gasteiger partial charge is 0.240 e. The van der Waals surface area contributed by atoms with Crippen LogP contribution < -0.4 is 10.0 Å². The zero-order valence-corrected chi connectivity index (χ0v) is 11.3. The molecular weight excluding hydrogens is 236 g/mol. The zero-order valence-electron chi connectivity index (χ0n) is 10.5. The average molecular weight is 256 g/mol. The van der Waals surface area contributed by atoms with Gasteiger partial charge in [0.05, 0.1) is 4.90 Å². The first-order chi connectivity index (χ1) is 7.99. The molecule has 1 aromatic rings. The summed E-state index contributed by atoms with van der Waals surface area (Å²) in [5.41, 5.74) is 1.06. The van der Waals surface area contributed by atoms with Gasteiger partial charge in [-0.15, -0.1) is 0 Å². The number of hydrogen-bond acceptors (Lipinski definition) is 3. The Kier molecular flexibility index (Phi) is 5.11. The summed E-state index contributed by atoms with van der Waals surface area (Å²) in [6, 6.07) is 6.87. The van der Waals surface area contributed by atoms with Gasteiger partial charge in [0, 0.05) is 12.6 Å². The summed E-state index contributed by atoms with van der Waals surface area (Å²) in [4.78, 5) is 0.317. The second-order valence-electron chi connectivity index (χ2n) is 4.10. The van der Waals surface area contributed by atoms with E-state index in [2.05, 4.69) is 10.0 Å². The highest BCUT2D eigenvalue weighted by atomic mass is 32.2. The molecule has 0 saturated carbocycles. The quantitative estimate of drug-likeness (QED) is 0.810. The third-order valence-electron chi connectivity index (χ3n) is 2.58. The Hall–Kier alpha value is -0.910. The van der Waals surface area contributed by atoms with Crippen LogP contribution in [0.1, 0.15) is 25.8 Å². The minimum absolute atomic E-state index is 0.0445. The molecule has 1 unspecified atom stereocenters. The minimum Gasteiger partial charge on any atom is -0.316 e. The van der Waals surface area contributed by atoms with Crippen molar-refractivity contribution in [2.24, 2.45) is 0 Å². The number of rotatable bonds is 6. The van der Waals surface area contributed by atoms with Crippen LogP contribution in [0.15, 0.2) is 29.2 Å². The predicted octanol–water partition coefficient (Wildman–Crippen LogP) is 1.48. The lowest BCUT2D eigenvalue weighted by molar-refractivity contribution is 0.556. The van der Waals surface area contributed by atoms with Crippen molar-refractivity contribution in [2.75, 3.05) is 7.05 Å². The van der Waals surface area contributed by atoms with Crippen LogP contribution in [0.25, 0.3) is 0 Å². The molecule has 0 saturated heterocycles. The Bertz CT molecular complexity index is 440. The second-order valence-corrected chi connectivity index (χ2v) is 5.82. The van der Waals surface area contributed by atoms with Crippen molar-refractivity contribution in [3.05, 3.63) is 29.8 Å². The minimum atomic E-state index is -3.37. The standard InChI is InChI=1S/C12H20N2O2S/c1-4-10(2)14-17(15,16)12-7-5-11(6-8-12)9-13-3/h5-8,10,13-14H,4,9H2,1-3H3. The normalized spacial score (nSPS) is 13.6. The summed E-state index contributed by atoms with van der Waals surface area (Å²) >= 11 is 0. The lowest BCUT2D eigenvalue weighted by Gasteiger charge is -2.12. The largest absolute Gasteiger partial charge is 0.316 e. The Morgan fingerprint density at radius 2 is 1.82 bits per heavy atom. The molecule has 0 fully saturated rings. The maximum absolute atomic E-state index is 11.9. The van der Waals surface area contributed by atoms with Crippen LogP contribution in [0.5, 0.6) is 0 Å². The second kappa shape index (κ2) is 6.14. The van der Waals surface area contributed by atoms with Gasteiger partial charge >= 0.3 is 0 Å². The molecule has 4 nitrogen and oxygen atoms in total. The number of benzene rings is 1. The van der Waals surface area contributed by atoms with Crippen LogP contribution >= 0.6 is 0 Å². The van der Waals surface area contributed by atoms with Gasteiger partial charge in [0.15, 0.2) is 0 Å². The van der Waals surface area contributed by atoms with Gasteiger partial charge < -0.3 is 5.32 Å². The molecule has 0 amide bonds. The molecule has 1 rings (SSSR count). The lowest BCUT2D eigenvalue weighted by atomic mass is 10.2. The Balaban J connectivity index is 2.85. The Morgan fingerprint density at radius 1 is 1.24 bits per heavy atom. The summed E-state index contributed by atoms with van der Waals surface area (Å²) in [6.07, 6.45) is 0.775. The maximum atomic E-state index is 11.9. The molecule has 1 atom stereocenters. The monoisotopic (exact) mass is 256 g/mol. The summed E-state index contributed by atoms with van der Waals surface area (Å²) in [7, 11) is -1.52. The van der Waals surface area contributed by atoms with Crippen molar-refractivity contribution in [1.82, 2.24) is 10.0 Å². The fourth-order valence-electron chi connectivity index (χ4n) is 1.41. The van der Waals surface area contributed by atoms with Gasteiger partial charge in [-0.05, 0) is 38.1 Å². The Morgan fingerprint density at radius 3 is 2.29 bits per heavy atom. The topological polar surface area (TPSA) is 58.2 Å². The fourth-order valence-corrected chi connectivity index (χ4v) is 2.73. The first-order valence-corrected chi connectivity index (χ1v) is 7.23. The van der Waals surface area contributed by atoms with Crippen LogP contribution in [0.3, 0.4) is 0 Å². The predicted molar refractivity (Wildman–Crippen MR) is 69.3 cm³/mol. The molecule has 2 N–H and O–H groups in total. The molecule has 0 radical (unpaired) electrons. The van der Waals surface area contributed by atoms with E-state index in [-0.39, 0.29) is 6.04 Å². The van der Waals surface area contributed by atoms with E-state index >= 15 is 0 Å². The van der Waals surface area contributed by atoms with Crippen LogP contribution in [0.2, 0.25) is 0 Å². The molecule has 96 valence electrons. The molecule has 0 aliphatic carbocycles. The van der Waals surface area contributed by atoms with Gasteiger partial charge in [0.1, 0.15) is 0 Å². The third kappa shape index (κ3) is 4.11. The summed E-state index contributed by atoms with van der Waals surface area (Å²) in [5.74, 6) is 0. The summed E-state index contributed by atoms with van der Waals surface area (Å²) in [6.45, 7) is 4.54. The molecule has 0 bridgehead atoms. The SMILES string of the molecule is CCC(C)NS(=O)(=O)c1ccc(CNC)cc1. The Labute approximate surface area is 103 Å². The third-order valence-corrected chi connectivity index (χ3v) is 4.19. The van der Waals surface area contributed by atoms with E-state index in [1.165, 1.54) is 0 Å². The van der Waals surface area contributed by atoms with Crippen molar-refractivity contribution >= 4 is 10.0 Å². The highest BCUT2D eigenvalue weighted by Crippen LogP contribution is 2.11. The highest BCUT2D eigenvalue weighted by molar-refractivity contribution is 7.89. The van der Waals surface area contributed by atoms with E-state index in [0.29, 0.717) is 4.90 Å². The fraction of sp³-hybridized carbons (Fsp3) is 0.500. The van der Waals surface area contributed by atoms with Crippen molar-refractivity contribution in [1.29, 1.82) is 0 Å². The van der Waals surface area contributed by atoms with E-state index in [0.717, 1.165) is 18.5 Å². The van der Waals surface area contributed by atoms with Crippen molar-refractivity contribution < 1.29 is 8.42 Å². The van der Waals surface area contributed by atoms with E-state index in [4.69, 9.17) is 0 Å². The first-order valence-electron chi connectivity index (χ1n) is 5.75. The van der Waals surface area contributed by atoms with Gasteiger partial charge in [-0.1, -0.05) is 19.1 Å². The van der Waals surface area contributed by atoms with Crippen LogP contribution in [-0.2, 0) is 16.6 Å². The van der Waals surface area contributed by atoms with Gasteiger partial charge in [-0.3, -0.25) is 0 Å². The molecule has 5 heteroatoms. The van der Waals surface area contributed by atoms with Gasteiger partial charge in [-0.2, -0.15) is 0 Å². The molecule has 0 aliphatic rings. The molecule has 1 aromatic carbocycles. The molecule has 0 aromatic heterocycles. The van der Waals surface area contributed by atoms with Crippen LogP contribution in [0, 0.1) is 0 Å². The number of sulfonamides is 1. The lowest BCUT2D eigenvalue weighted by Crippen LogP contribution is -2.31. The van der Waals surface area contributed by atoms with Crippen molar-refractivity contribution in [3.8, 4) is 0 Å². The van der Waals surface area contributed by atoms with E-state index in [9.17, 15) is 8.42 Å². The molecule has 17 heavy (non-hydrogen) atoms. The average Bonchev–Trinajstić information content (AvgIpc) is 2.29. The summed E-state index contributed by atoms with van der Waals surface area (Å²) < 4.78 is 26.5. The van der Waals surface area contributed by atoms with Gasteiger partial charge in [-0.25, -0.2) is 13.1 Å². The first kappa shape index (κ1) is 14.2. The van der Waals surface area contributed by atoms with Crippen molar-refractivity contribution in [2.45, 2.75) is 37.8 Å². The molecule has 0 spiro atoms. The van der Waals surface area contributed by atoms with Crippen molar-refractivity contribution in [3.63, 3.8) is 0 Å². The van der Waals surface area contributed by atoms with Gasteiger partial charge in [0.25, 0.3) is 0 Å². The maximum Gasteiger partial charge on any atom is 0.240 e. The van der Waals surface area contributed by atoms with Crippen LogP contribution in [-0.4, -0.2) is 21.5 Å². The molecule has 0 heterocycles. The summed E-state index contributed by atoms with van der Waals surface area (Å²) in [5, 5.41) is 3.02. The molecule has 0 aliphatic heterocycles.